The number of amides is 1. The van der Waals surface area contributed by atoms with Gasteiger partial charge < -0.3 is 20.7 Å². The monoisotopic (exact) mass is 270 g/mol. The third-order valence-corrected chi connectivity index (χ3v) is 2.72. The Bertz CT molecular complexity index is 290. The summed E-state index contributed by atoms with van der Waals surface area (Å²) in [7, 11) is 1.67. The van der Waals surface area contributed by atoms with Crippen molar-refractivity contribution in [1.29, 1.82) is 0 Å². The van der Waals surface area contributed by atoms with Crippen LogP contribution in [0.25, 0.3) is 0 Å². The molecule has 1 saturated carbocycles. The number of hydrogen-bond donors (Lipinski definition) is 3. The Morgan fingerprint density at radius 3 is 2.79 bits per heavy atom. The molecule has 0 heterocycles. The lowest BCUT2D eigenvalue weighted by molar-refractivity contribution is -0.121. The van der Waals surface area contributed by atoms with Gasteiger partial charge in [-0.3, -0.25) is 9.79 Å². The highest BCUT2D eigenvalue weighted by Gasteiger charge is 2.22. The lowest BCUT2D eigenvalue weighted by Gasteiger charge is -2.10. The van der Waals surface area contributed by atoms with Gasteiger partial charge >= 0.3 is 0 Å². The van der Waals surface area contributed by atoms with Crippen molar-refractivity contribution >= 4 is 11.9 Å². The van der Waals surface area contributed by atoms with Crippen LogP contribution in [0.5, 0.6) is 0 Å². The molecule has 6 heteroatoms. The first-order chi connectivity index (χ1) is 9.26. The first-order valence-electron chi connectivity index (χ1n) is 7.06. The van der Waals surface area contributed by atoms with Gasteiger partial charge in [0.1, 0.15) is 0 Å². The Labute approximate surface area is 115 Å². The molecule has 1 rings (SSSR count). The van der Waals surface area contributed by atoms with Crippen molar-refractivity contribution in [2.75, 3.05) is 33.4 Å². The highest BCUT2D eigenvalue weighted by atomic mass is 16.5. The van der Waals surface area contributed by atoms with E-state index in [1.807, 2.05) is 6.92 Å². The Morgan fingerprint density at radius 2 is 2.16 bits per heavy atom. The van der Waals surface area contributed by atoms with Crippen molar-refractivity contribution in [3.8, 4) is 0 Å². The molecule has 0 bridgehead atoms. The zero-order valence-corrected chi connectivity index (χ0v) is 12.0. The van der Waals surface area contributed by atoms with Gasteiger partial charge in [-0.25, -0.2) is 0 Å². The minimum Gasteiger partial charge on any atom is -0.383 e. The average molecular weight is 270 g/mol. The minimum absolute atomic E-state index is 0.148. The second-order valence-electron chi connectivity index (χ2n) is 4.63. The predicted molar refractivity (Wildman–Crippen MR) is 76.3 cm³/mol. The molecule has 1 aliphatic rings. The molecule has 0 aromatic heterocycles. The molecular formula is C13H26N4O2. The van der Waals surface area contributed by atoms with Crippen LogP contribution in [-0.4, -0.2) is 51.3 Å². The molecule has 110 valence electrons. The van der Waals surface area contributed by atoms with E-state index in [4.69, 9.17) is 4.74 Å². The fraction of sp³-hybridized carbons (Fsp3) is 0.846. The highest BCUT2D eigenvalue weighted by Crippen LogP contribution is 2.18. The van der Waals surface area contributed by atoms with E-state index in [9.17, 15) is 4.79 Å². The Morgan fingerprint density at radius 1 is 1.37 bits per heavy atom. The Kier molecular flexibility index (Phi) is 7.97. The quantitative estimate of drug-likeness (QED) is 0.319. The van der Waals surface area contributed by atoms with Gasteiger partial charge in [-0.05, 0) is 26.2 Å². The third kappa shape index (κ3) is 8.42. The number of guanidine groups is 1. The molecule has 0 aromatic carbocycles. The summed E-state index contributed by atoms with van der Waals surface area (Å²) in [6.45, 7) is 4.87. The number of nitrogens with one attached hydrogen (secondary N) is 3. The summed E-state index contributed by atoms with van der Waals surface area (Å²) in [5.41, 5.74) is 0. The van der Waals surface area contributed by atoms with E-state index in [0.29, 0.717) is 25.6 Å². The summed E-state index contributed by atoms with van der Waals surface area (Å²) in [5.74, 6) is 0.928. The molecule has 0 saturated heterocycles. The molecule has 19 heavy (non-hydrogen) atoms. The van der Waals surface area contributed by atoms with Crippen molar-refractivity contribution in [3.63, 3.8) is 0 Å². The molecule has 0 spiro atoms. The zero-order chi connectivity index (χ0) is 13.9. The van der Waals surface area contributed by atoms with E-state index in [-0.39, 0.29) is 5.91 Å². The predicted octanol–water partition coefficient (Wildman–Crippen LogP) is 0.247. The highest BCUT2D eigenvalue weighted by molar-refractivity contribution is 5.79. The topological polar surface area (TPSA) is 74.8 Å². The Balaban J connectivity index is 2.12. The summed E-state index contributed by atoms with van der Waals surface area (Å²) in [6, 6.07) is 0.448. The summed E-state index contributed by atoms with van der Waals surface area (Å²) in [5, 5.41) is 9.29. The van der Waals surface area contributed by atoms with E-state index in [1.165, 1.54) is 0 Å². The average Bonchev–Trinajstić information content (AvgIpc) is 3.18. The summed E-state index contributed by atoms with van der Waals surface area (Å²) >= 11 is 0. The molecule has 6 nitrogen and oxygen atoms in total. The molecule has 1 aliphatic carbocycles. The van der Waals surface area contributed by atoms with E-state index in [0.717, 1.165) is 38.3 Å². The molecule has 0 aromatic rings. The second-order valence-corrected chi connectivity index (χ2v) is 4.63. The number of ether oxygens (including phenoxy) is 1. The van der Waals surface area contributed by atoms with Crippen molar-refractivity contribution in [2.24, 2.45) is 4.99 Å². The maximum atomic E-state index is 11.5. The van der Waals surface area contributed by atoms with Crippen LogP contribution in [-0.2, 0) is 9.53 Å². The smallest absolute Gasteiger partial charge is 0.220 e. The largest absolute Gasteiger partial charge is 0.383 e. The van der Waals surface area contributed by atoms with E-state index in [1.54, 1.807) is 7.11 Å². The number of carbonyl (C=O) groups is 1. The number of nitrogens with zero attached hydrogens (tertiary/aromatic N) is 1. The summed E-state index contributed by atoms with van der Waals surface area (Å²) < 4.78 is 4.97. The van der Waals surface area contributed by atoms with Crippen molar-refractivity contribution < 1.29 is 9.53 Å². The lowest BCUT2D eigenvalue weighted by atomic mass is 10.3. The van der Waals surface area contributed by atoms with Crippen LogP contribution in [0, 0.1) is 0 Å². The van der Waals surface area contributed by atoms with Crippen LogP contribution in [0.3, 0.4) is 0 Å². The molecule has 0 radical (unpaired) electrons. The Hall–Kier alpha value is -1.30. The van der Waals surface area contributed by atoms with Gasteiger partial charge in [0.25, 0.3) is 0 Å². The number of rotatable bonds is 9. The van der Waals surface area contributed by atoms with Crippen LogP contribution in [0.2, 0.25) is 0 Å². The van der Waals surface area contributed by atoms with Crippen molar-refractivity contribution in [3.05, 3.63) is 0 Å². The molecule has 0 atom stereocenters. The van der Waals surface area contributed by atoms with Crippen LogP contribution in [0.4, 0.5) is 0 Å². The van der Waals surface area contributed by atoms with Crippen LogP contribution < -0.4 is 16.0 Å². The van der Waals surface area contributed by atoms with Crippen molar-refractivity contribution in [2.45, 2.75) is 38.6 Å². The van der Waals surface area contributed by atoms with Gasteiger partial charge in [-0.1, -0.05) is 0 Å². The van der Waals surface area contributed by atoms with E-state index >= 15 is 0 Å². The molecular weight excluding hydrogens is 244 g/mol. The maximum absolute atomic E-state index is 11.5. The molecule has 1 amide bonds. The number of carbonyl (C=O) groups excluding carboxylic acids is 1. The second kappa shape index (κ2) is 9.61. The number of methoxy groups -OCH3 is 1. The van der Waals surface area contributed by atoms with Gasteiger partial charge in [0.15, 0.2) is 5.96 Å². The van der Waals surface area contributed by atoms with Crippen LogP contribution in [0.1, 0.15) is 32.6 Å². The lowest BCUT2D eigenvalue weighted by Crippen LogP contribution is -2.39. The molecule has 0 unspecified atom stereocenters. The summed E-state index contributed by atoms with van der Waals surface area (Å²) in [6.07, 6.45) is 3.60. The van der Waals surface area contributed by atoms with Crippen LogP contribution in [0.15, 0.2) is 4.99 Å². The molecule has 1 fully saturated rings. The first-order valence-corrected chi connectivity index (χ1v) is 7.06. The normalized spacial score (nSPS) is 15.2. The standard InChI is InChI=1S/C13H26N4O2/c1-3-14-13(16-9-10-19-2)15-8-4-5-12(18)17-11-6-7-11/h11H,3-10H2,1-2H3,(H,17,18)(H2,14,15,16). The fourth-order valence-electron chi connectivity index (χ4n) is 1.57. The third-order valence-electron chi connectivity index (χ3n) is 2.72. The van der Waals surface area contributed by atoms with Gasteiger partial charge in [0, 0.05) is 39.2 Å². The SMILES string of the molecule is CCNC(=NCCCC(=O)NC1CC1)NCCOC. The van der Waals surface area contributed by atoms with Gasteiger partial charge in [0.05, 0.1) is 6.61 Å². The summed E-state index contributed by atoms with van der Waals surface area (Å²) in [4.78, 5) is 15.9. The van der Waals surface area contributed by atoms with Crippen molar-refractivity contribution in [1.82, 2.24) is 16.0 Å². The van der Waals surface area contributed by atoms with E-state index < -0.39 is 0 Å². The number of aliphatic imine (C=N–C) groups is 1. The van der Waals surface area contributed by atoms with Crippen LogP contribution >= 0.6 is 0 Å². The van der Waals surface area contributed by atoms with E-state index in [2.05, 4.69) is 20.9 Å². The number of hydrogen-bond acceptors (Lipinski definition) is 3. The fourth-order valence-corrected chi connectivity index (χ4v) is 1.57. The minimum atomic E-state index is 0.148. The van der Waals surface area contributed by atoms with Gasteiger partial charge in [-0.2, -0.15) is 0 Å². The van der Waals surface area contributed by atoms with Gasteiger partial charge in [-0.15, -0.1) is 0 Å². The maximum Gasteiger partial charge on any atom is 0.220 e. The first kappa shape index (κ1) is 15.8. The van der Waals surface area contributed by atoms with Gasteiger partial charge in [0.2, 0.25) is 5.91 Å². The zero-order valence-electron chi connectivity index (χ0n) is 12.0. The molecule has 3 N–H and O–H groups in total. The molecule has 0 aliphatic heterocycles.